The van der Waals surface area contributed by atoms with Gasteiger partial charge in [-0.25, -0.2) is 9.79 Å². The lowest BCUT2D eigenvalue weighted by molar-refractivity contribution is 0.0468. The van der Waals surface area contributed by atoms with E-state index in [4.69, 9.17) is 9.73 Å². The summed E-state index contributed by atoms with van der Waals surface area (Å²) in [5, 5.41) is 9.66. The van der Waals surface area contributed by atoms with Gasteiger partial charge >= 0.3 is 6.03 Å². The first-order chi connectivity index (χ1) is 15.2. The number of hydrogen-bond donors (Lipinski definition) is 3. The van der Waals surface area contributed by atoms with Crippen molar-refractivity contribution < 1.29 is 9.53 Å². The van der Waals surface area contributed by atoms with Crippen molar-refractivity contribution in [1.82, 2.24) is 15.5 Å². The van der Waals surface area contributed by atoms with Gasteiger partial charge in [-0.3, -0.25) is 0 Å². The van der Waals surface area contributed by atoms with Gasteiger partial charge in [0, 0.05) is 31.9 Å². The van der Waals surface area contributed by atoms with Gasteiger partial charge in [0.25, 0.3) is 0 Å². The van der Waals surface area contributed by atoms with Crippen molar-refractivity contribution in [3.63, 3.8) is 0 Å². The summed E-state index contributed by atoms with van der Waals surface area (Å²) in [5.41, 5.74) is 1.88. The van der Waals surface area contributed by atoms with E-state index in [1.54, 1.807) is 0 Å². The van der Waals surface area contributed by atoms with E-state index in [0.717, 1.165) is 56.2 Å². The van der Waals surface area contributed by atoms with E-state index in [2.05, 4.69) is 22.9 Å². The Balaban J connectivity index is 0.00000363. The minimum Gasteiger partial charge on any atom is -0.376 e. The molecule has 7 nitrogen and oxygen atoms in total. The van der Waals surface area contributed by atoms with Crippen LogP contribution in [0, 0.1) is 0 Å². The number of amides is 2. The van der Waals surface area contributed by atoms with Crippen molar-refractivity contribution in [3.8, 4) is 0 Å². The van der Waals surface area contributed by atoms with Crippen molar-refractivity contribution in [2.75, 3.05) is 38.1 Å². The largest absolute Gasteiger partial charge is 0.376 e. The topological polar surface area (TPSA) is 78.0 Å². The molecule has 0 aromatic heterocycles. The van der Waals surface area contributed by atoms with Crippen molar-refractivity contribution in [2.24, 2.45) is 4.99 Å². The molecule has 0 bridgehead atoms. The second-order valence-electron chi connectivity index (χ2n) is 8.43. The SMILES string of the molecule is CCNC(=NCc1cccc(NC(=O)N2CCCC2)c1)NCCOC1CCCCCC1.I. The van der Waals surface area contributed by atoms with Crippen LogP contribution in [-0.2, 0) is 11.3 Å². The maximum atomic E-state index is 12.3. The third-order valence-electron chi connectivity index (χ3n) is 5.89. The number of aliphatic imine (C=N–C) groups is 1. The summed E-state index contributed by atoms with van der Waals surface area (Å²) in [7, 11) is 0. The number of likely N-dealkylation sites (tertiary alicyclic amines) is 1. The van der Waals surface area contributed by atoms with Crippen molar-refractivity contribution in [1.29, 1.82) is 0 Å². The van der Waals surface area contributed by atoms with E-state index >= 15 is 0 Å². The smallest absolute Gasteiger partial charge is 0.321 e. The highest BCUT2D eigenvalue weighted by Gasteiger charge is 2.17. The molecule has 2 amide bonds. The van der Waals surface area contributed by atoms with Gasteiger partial charge in [-0.05, 0) is 50.3 Å². The summed E-state index contributed by atoms with van der Waals surface area (Å²) in [5.74, 6) is 0.790. The van der Waals surface area contributed by atoms with Crippen molar-refractivity contribution in [3.05, 3.63) is 29.8 Å². The average Bonchev–Trinajstić information content (AvgIpc) is 3.20. The summed E-state index contributed by atoms with van der Waals surface area (Å²) in [6, 6.07) is 7.91. The van der Waals surface area contributed by atoms with Crippen LogP contribution >= 0.6 is 24.0 Å². The first-order valence-electron chi connectivity index (χ1n) is 12.0. The normalized spacial score (nSPS) is 17.4. The van der Waals surface area contributed by atoms with E-state index < -0.39 is 0 Å². The molecule has 2 aliphatic rings. The van der Waals surface area contributed by atoms with E-state index in [9.17, 15) is 4.79 Å². The zero-order chi connectivity index (χ0) is 21.7. The number of ether oxygens (including phenoxy) is 1. The van der Waals surface area contributed by atoms with Crippen LogP contribution < -0.4 is 16.0 Å². The number of nitrogens with zero attached hydrogens (tertiary/aromatic N) is 2. The lowest BCUT2D eigenvalue weighted by Crippen LogP contribution is -2.39. The van der Waals surface area contributed by atoms with E-state index in [-0.39, 0.29) is 30.0 Å². The highest BCUT2D eigenvalue weighted by molar-refractivity contribution is 14.0. The molecule has 1 heterocycles. The van der Waals surface area contributed by atoms with Gasteiger partial charge in [0.2, 0.25) is 0 Å². The fourth-order valence-corrected chi connectivity index (χ4v) is 4.19. The van der Waals surface area contributed by atoms with Gasteiger partial charge in [0.15, 0.2) is 5.96 Å². The van der Waals surface area contributed by atoms with E-state index in [1.807, 2.05) is 29.2 Å². The Morgan fingerprint density at radius 1 is 1.09 bits per heavy atom. The quantitative estimate of drug-likeness (QED) is 0.142. The van der Waals surface area contributed by atoms with Crippen LogP contribution in [0.1, 0.15) is 63.9 Å². The zero-order valence-electron chi connectivity index (χ0n) is 19.4. The third-order valence-corrected chi connectivity index (χ3v) is 5.89. The number of carbonyl (C=O) groups excluding carboxylic acids is 1. The Kier molecular flexibility index (Phi) is 12.8. The summed E-state index contributed by atoms with van der Waals surface area (Å²) >= 11 is 0. The Bertz CT molecular complexity index is 701. The lowest BCUT2D eigenvalue weighted by Gasteiger charge is -2.17. The number of hydrogen-bond acceptors (Lipinski definition) is 3. The fraction of sp³-hybridized carbons (Fsp3) is 0.667. The Morgan fingerprint density at radius 2 is 1.84 bits per heavy atom. The highest BCUT2D eigenvalue weighted by atomic mass is 127. The summed E-state index contributed by atoms with van der Waals surface area (Å²) < 4.78 is 6.06. The number of carbonyl (C=O) groups is 1. The molecule has 0 spiro atoms. The number of nitrogens with one attached hydrogen (secondary N) is 3. The first kappa shape index (κ1) is 26.7. The molecule has 1 saturated heterocycles. The van der Waals surface area contributed by atoms with E-state index in [1.165, 1.54) is 38.5 Å². The Hall–Kier alpha value is -1.55. The first-order valence-corrected chi connectivity index (χ1v) is 12.0. The van der Waals surface area contributed by atoms with E-state index in [0.29, 0.717) is 19.3 Å². The van der Waals surface area contributed by atoms with Gasteiger partial charge in [-0.15, -0.1) is 24.0 Å². The molecule has 0 atom stereocenters. The fourth-order valence-electron chi connectivity index (χ4n) is 4.19. The Labute approximate surface area is 210 Å². The summed E-state index contributed by atoms with van der Waals surface area (Å²) in [6.45, 7) is 6.55. The number of rotatable bonds is 8. The highest BCUT2D eigenvalue weighted by Crippen LogP contribution is 2.19. The van der Waals surface area contributed by atoms with Crippen LogP contribution in [0.15, 0.2) is 29.3 Å². The van der Waals surface area contributed by atoms with Crippen LogP contribution in [0.25, 0.3) is 0 Å². The number of benzene rings is 1. The van der Waals surface area contributed by atoms with Crippen molar-refractivity contribution in [2.45, 2.75) is 70.9 Å². The zero-order valence-corrected chi connectivity index (χ0v) is 21.7. The molecule has 1 aromatic rings. The second-order valence-corrected chi connectivity index (χ2v) is 8.43. The third kappa shape index (κ3) is 9.52. The Morgan fingerprint density at radius 3 is 2.56 bits per heavy atom. The monoisotopic (exact) mass is 557 g/mol. The van der Waals surface area contributed by atoms with Crippen LogP contribution in [0.3, 0.4) is 0 Å². The molecule has 32 heavy (non-hydrogen) atoms. The minimum atomic E-state index is -0.0122. The lowest BCUT2D eigenvalue weighted by atomic mass is 10.1. The summed E-state index contributed by atoms with van der Waals surface area (Å²) in [4.78, 5) is 18.9. The molecule has 180 valence electrons. The van der Waals surface area contributed by atoms with Crippen LogP contribution in [-0.4, -0.2) is 55.8 Å². The molecule has 3 N–H and O–H groups in total. The average molecular weight is 558 g/mol. The number of guanidine groups is 1. The van der Waals surface area contributed by atoms with Gasteiger partial charge in [0.05, 0.1) is 19.3 Å². The molecule has 0 radical (unpaired) electrons. The van der Waals surface area contributed by atoms with Gasteiger partial charge in [0.1, 0.15) is 0 Å². The molecule has 8 heteroatoms. The standard InChI is InChI=1S/C24H39N5O2.HI/c1-2-25-23(26-14-17-31-22-12-5-3-4-6-13-22)27-19-20-10-9-11-21(18-20)28-24(30)29-15-7-8-16-29;/h9-11,18,22H,2-8,12-17,19H2,1H3,(H,28,30)(H2,25,26,27);1H. The molecule has 2 fully saturated rings. The maximum Gasteiger partial charge on any atom is 0.321 e. The van der Waals surface area contributed by atoms with Gasteiger partial charge in [-0.2, -0.15) is 0 Å². The molecule has 3 rings (SSSR count). The molecule has 1 saturated carbocycles. The van der Waals surface area contributed by atoms with Crippen LogP contribution in [0.4, 0.5) is 10.5 Å². The molecule has 0 unspecified atom stereocenters. The van der Waals surface area contributed by atoms with Crippen LogP contribution in [0.2, 0.25) is 0 Å². The van der Waals surface area contributed by atoms with Gasteiger partial charge < -0.3 is 25.6 Å². The number of halogens is 1. The number of urea groups is 1. The summed E-state index contributed by atoms with van der Waals surface area (Å²) in [6.07, 6.45) is 10.3. The number of anilines is 1. The predicted octanol–water partition coefficient (Wildman–Crippen LogP) is 4.73. The maximum absolute atomic E-state index is 12.3. The predicted molar refractivity (Wildman–Crippen MR) is 142 cm³/mol. The molecule has 1 aliphatic heterocycles. The van der Waals surface area contributed by atoms with Crippen molar-refractivity contribution >= 4 is 41.7 Å². The second kappa shape index (κ2) is 15.3. The molecular weight excluding hydrogens is 517 g/mol. The molecule has 1 aromatic carbocycles. The van der Waals surface area contributed by atoms with Gasteiger partial charge in [-0.1, -0.05) is 37.8 Å². The van der Waals surface area contributed by atoms with Crippen LogP contribution in [0.5, 0.6) is 0 Å². The minimum absolute atomic E-state index is 0. The molecular formula is C24H40IN5O2. The molecule has 1 aliphatic carbocycles.